The Morgan fingerprint density at radius 2 is 2.06 bits per heavy atom. The van der Waals surface area contributed by atoms with E-state index in [1.807, 2.05) is 0 Å². The summed E-state index contributed by atoms with van der Waals surface area (Å²) in [7, 11) is 0. The normalized spacial score (nSPS) is 17.4. The van der Waals surface area contributed by atoms with Crippen LogP contribution in [0.5, 0.6) is 0 Å². The summed E-state index contributed by atoms with van der Waals surface area (Å²) in [6, 6.07) is 8.48. The second-order valence-electron chi connectivity index (χ2n) is 4.76. The molecule has 5 heteroatoms. The molecule has 1 unspecified atom stereocenters. The Bertz CT molecular complexity index is 487. The summed E-state index contributed by atoms with van der Waals surface area (Å²) in [5, 5.41) is 6.70. The smallest absolute Gasteiger partial charge is 0.147 e. The van der Waals surface area contributed by atoms with Gasteiger partial charge < -0.3 is 0 Å². The second kappa shape index (κ2) is 4.88. The second-order valence-corrected chi connectivity index (χ2v) is 4.76. The Morgan fingerprint density at radius 1 is 1.28 bits per heavy atom. The van der Waals surface area contributed by atoms with Crippen LogP contribution in [0, 0.1) is 0 Å². The van der Waals surface area contributed by atoms with Crippen LogP contribution in [0.3, 0.4) is 0 Å². The van der Waals surface area contributed by atoms with Crippen LogP contribution < -0.4 is 11.3 Å². The minimum atomic E-state index is -0.136. The first-order valence-corrected chi connectivity index (χ1v) is 6.29. The predicted octanol–water partition coefficient (Wildman–Crippen LogP) is 1.62. The largest absolute Gasteiger partial charge is 0.270 e. The summed E-state index contributed by atoms with van der Waals surface area (Å²) in [5.74, 6) is 7.08. The quantitative estimate of drug-likeness (QED) is 0.563. The van der Waals surface area contributed by atoms with Gasteiger partial charge in [-0.05, 0) is 29.9 Å². The summed E-state index contributed by atoms with van der Waals surface area (Å²) >= 11 is 0. The van der Waals surface area contributed by atoms with Gasteiger partial charge in [-0.2, -0.15) is 5.10 Å². The highest BCUT2D eigenvalue weighted by Crippen LogP contribution is 2.36. The van der Waals surface area contributed by atoms with Crippen LogP contribution >= 0.6 is 0 Å². The number of H-pyrrole nitrogens is 1. The molecule has 0 bridgehead atoms. The van der Waals surface area contributed by atoms with Crippen molar-refractivity contribution >= 4 is 0 Å². The lowest BCUT2D eigenvalue weighted by molar-refractivity contribution is 0.419. The van der Waals surface area contributed by atoms with Crippen molar-refractivity contribution in [1.82, 2.24) is 20.6 Å². The molecule has 1 aromatic heterocycles. The maximum absolute atomic E-state index is 5.59. The molecule has 1 aliphatic rings. The van der Waals surface area contributed by atoms with Crippen molar-refractivity contribution in [2.75, 3.05) is 0 Å². The zero-order valence-electron chi connectivity index (χ0n) is 10.1. The van der Waals surface area contributed by atoms with Crippen LogP contribution in [0.2, 0.25) is 0 Å². The number of aromatic amines is 1. The number of nitrogens with two attached hydrogens (primary N) is 1. The van der Waals surface area contributed by atoms with Gasteiger partial charge in [-0.25, -0.2) is 10.4 Å². The standard InChI is InChI=1S/C13H17N5/c14-17-12(13-15-8-16-18-13)11-6-4-10(5-7-11)9-2-1-3-9/h4-9,12,17H,1-3,14H2,(H,15,16,18). The minimum absolute atomic E-state index is 0.136. The number of benzene rings is 1. The number of aromatic nitrogens is 3. The van der Waals surface area contributed by atoms with Crippen molar-refractivity contribution in [2.45, 2.75) is 31.2 Å². The fraction of sp³-hybridized carbons (Fsp3) is 0.385. The lowest BCUT2D eigenvalue weighted by atomic mass is 9.80. The van der Waals surface area contributed by atoms with Crippen molar-refractivity contribution in [1.29, 1.82) is 0 Å². The third kappa shape index (κ3) is 2.02. The van der Waals surface area contributed by atoms with Gasteiger partial charge in [0.15, 0.2) is 0 Å². The summed E-state index contributed by atoms with van der Waals surface area (Å²) in [6.45, 7) is 0. The fourth-order valence-corrected chi connectivity index (χ4v) is 2.39. The van der Waals surface area contributed by atoms with Crippen molar-refractivity contribution < 1.29 is 0 Å². The highest BCUT2D eigenvalue weighted by Gasteiger charge is 2.20. The summed E-state index contributed by atoms with van der Waals surface area (Å²) in [5.41, 5.74) is 5.29. The highest BCUT2D eigenvalue weighted by molar-refractivity contribution is 5.30. The third-order valence-corrected chi connectivity index (χ3v) is 3.72. The van der Waals surface area contributed by atoms with E-state index in [0.717, 1.165) is 17.3 Å². The average Bonchev–Trinajstić information content (AvgIpc) is 2.84. The van der Waals surface area contributed by atoms with E-state index in [2.05, 4.69) is 44.9 Å². The molecule has 0 amide bonds. The number of hydrogen-bond acceptors (Lipinski definition) is 4. The number of nitrogens with zero attached hydrogens (tertiary/aromatic N) is 2. The van der Waals surface area contributed by atoms with Gasteiger partial charge in [-0.1, -0.05) is 30.7 Å². The first-order valence-electron chi connectivity index (χ1n) is 6.29. The molecule has 3 rings (SSSR count). The van der Waals surface area contributed by atoms with E-state index in [1.54, 1.807) is 0 Å². The molecular formula is C13H17N5. The number of hydrazine groups is 1. The predicted molar refractivity (Wildman–Crippen MR) is 68.6 cm³/mol. The Hall–Kier alpha value is -1.72. The van der Waals surface area contributed by atoms with Crippen LogP contribution in [0.15, 0.2) is 30.6 Å². The molecule has 4 N–H and O–H groups in total. The minimum Gasteiger partial charge on any atom is -0.270 e. The molecule has 5 nitrogen and oxygen atoms in total. The summed E-state index contributed by atoms with van der Waals surface area (Å²) in [4.78, 5) is 4.14. The van der Waals surface area contributed by atoms with E-state index in [9.17, 15) is 0 Å². The molecule has 0 spiro atoms. The lowest BCUT2D eigenvalue weighted by Crippen LogP contribution is -2.29. The SMILES string of the molecule is NNC(c1ccc(C2CCC2)cc1)c1ncn[nH]1. The monoisotopic (exact) mass is 243 g/mol. The molecule has 1 aromatic carbocycles. The summed E-state index contributed by atoms with van der Waals surface area (Å²) < 4.78 is 0. The van der Waals surface area contributed by atoms with Crippen molar-refractivity contribution in [3.8, 4) is 0 Å². The molecule has 0 aliphatic heterocycles. The third-order valence-electron chi connectivity index (χ3n) is 3.72. The Kier molecular flexibility index (Phi) is 3.08. The van der Waals surface area contributed by atoms with Crippen LogP contribution in [0.25, 0.3) is 0 Å². The average molecular weight is 243 g/mol. The van der Waals surface area contributed by atoms with E-state index >= 15 is 0 Å². The maximum atomic E-state index is 5.59. The molecule has 2 aromatic rings. The van der Waals surface area contributed by atoms with Crippen LogP contribution in [0.4, 0.5) is 0 Å². The van der Waals surface area contributed by atoms with Gasteiger partial charge in [-0.15, -0.1) is 0 Å². The van der Waals surface area contributed by atoms with Gasteiger partial charge in [0.2, 0.25) is 0 Å². The molecule has 18 heavy (non-hydrogen) atoms. The van der Waals surface area contributed by atoms with E-state index < -0.39 is 0 Å². The van der Waals surface area contributed by atoms with Gasteiger partial charge in [0, 0.05) is 0 Å². The topological polar surface area (TPSA) is 79.6 Å². The molecule has 1 aliphatic carbocycles. The van der Waals surface area contributed by atoms with Crippen molar-refractivity contribution in [3.63, 3.8) is 0 Å². The molecule has 1 saturated carbocycles. The number of hydrogen-bond donors (Lipinski definition) is 3. The summed E-state index contributed by atoms with van der Waals surface area (Å²) in [6.07, 6.45) is 5.49. The van der Waals surface area contributed by atoms with Gasteiger partial charge in [0.25, 0.3) is 0 Å². The van der Waals surface area contributed by atoms with E-state index in [4.69, 9.17) is 5.84 Å². The van der Waals surface area contributed by atoms with Crippen molar-refractivity contribution in [3.05, 3.63) is 47.5 Å². The van der Waals surface area contributed by atoms with Crippen molar-refractivity contribution in [2.24, 2.45) is 5.84 Å². The first-order chi connectivity index (χ1) is 8.88. The molecule has 94 valence electrons. The number of nitrogens with one attached hydrogen (secondary N) is 2. The van der Waals surface area contributed by atoms with E-state index in [0.29, 0.717) is 0 Å². The Labute approximate surface area is 106 Å². The zero-order chi connectivity index (χ0) is 12.4. The van der Waals surface area contributed by atoms with Crippen LogP contribution in [0.1, 0.15) is 48.2 Å². The molecule has 1 atom stereocenters. The zero-order valence-corrected chi connectivity index (χ0v) is 10.1. The van der Waals surface area contributed by atoms with E-state index in [-0.39, 0.29) is 6.04 Å². The van der Waals surface area contributed by atoms with Gasteiger partial charge in [0.1, 0.15) is 18.2 Å². The molecular weight excluding hydrogens is 226 g/mol. The van der Waals surface area contributed by atoms with Crippen LogP contribution in [-0.4, -0.2) is 15.2 Å². The molecule has 1 fully saturated rings. The highest BCUT2D eigenvalue weighted by atomic mass is 15.3. The van der Waals surface area contributed by atoms with Gasteiger partial charge >= 0.3 is 0 Å². The van der Waals surface area contributed by atoms with E-state index in [1.165, 1.54) is 31.2 Å². The molecule has 0 radical (unpaired) electrons. The van der Waals surface area contributed by atoms with Gasteiger partial charge in [0.05, 0.1) is 0 Å². The number of rotatable bonds is 4. The molecule has 0 saturated heterocycles. The maximum Gasteiger partial charge on any atom is 0.147 e. The van der Waals surface area contributed by atoms with Gasteiger partial charge in [-0.3, -0.25) is 10.9 Å². The molecule has 1 heterocycles. The Balaban J connectivity index is 1.82. The Morgan fingerprint density at radius 3 is 2.56 bits per heavy atom. The fourth-order valence-electron chi connectivity index (χ4n) is 2.39. The lowest BCUT2D eigenvalue weighted by Gasteiger charge is -2.26. The van der Waals surface area contributed by atoms with Crippen LogP contribution in [-0.2, 0) is 0 Å². The first kappa shape index (κ1) is 11.4.